The number of carbonyl (C=O) groups is 3. The number of carbonyl (C=O) groups excluding carboxylic acids is 3. The van der Waals surface area contributed by atoms with Gasteiger partial charge >= 0.3 is 11.8 Å². The Hall–Kier alpha value is -3.55. The zero-order valence-electron chi connectivity index (χ0n) is 15.2. The fraction of sp³-hybridized carbons (Fsp3) is 0.211. The van der Waals surface area contributed by atoms with Crippen LogP contribution in [0.4, 0.5) is 0 Å². The SMILES string of the molecule is COc1ccc(C(=O)NNC(=O)C(=O)N[C@@H](C)c2ccccc2)cc1OC. The van der Waals surface area contributed by atoms with Gasteiger partial charge in [0.1, 0.15) is 0 Å². The van der Waals surface area contributed by atoms with Crippen LogP contribution in [0.25, 0.3) is 0 Å². The summed E-state index contributed by atoms with van der Waals surface area (Å²) in [5.41, 5.74) is 5.35. The number of amides is 3. The monoisotopic (exact) mass is 371 g/mol. The van der Waals surface area contributed by atoms with Crippen LogP contribution >= 0.6 is 0 Å². The lowest BCUT2D eigenvalue weighted by atomic mass is 10.1. The van der Waals surface area contributed by atoms with Crippen molar-refractivity contribution in [3.8, 4) is 11.5 Å². The first-order valence-corrected chi connectivity index (χ1v) is 8.14. The van der Waals surface area contributed by atoms with Crippen molar-refractivity contribution in [2.24, 2.45) is 0 Å². The van der Waals surface area contributed by atoms with Crippen LogP contribution in [0.3, 0.4) is 0 Å². The molecule has 0 aliphatic heterocycles. The lowest BCUT2D eigenvalue weighted by Crippen LogP contribution is -2.48. The quantitative estimate of drug-likeness (QED) is 0.543. The Morgan fingerprint density at radius 3 is 2.15 bits per heavy atom. The van der Waals surface area contributed by atoms with E-state index in [9.17, 15) is 14.4 Å². The highest BCUT2D eigenvalue weighted by Gasteiger charge is 2.18. The minimum Gasteiger partial charge on any atom is -0.493 e. The summed E-state index contributed by atoms with van der Waals surface area (Å²) in [6, 6.07) is 13.4. The highest BCUT2D eigenvalue weighted by molar-refractivity contribution is 6.35. The zero-order chi connectivity index (χ0) is 19.8. The van der Waals surface area contributed by atoms with Crippen molar-refractivity contribution in [2.45, 2.75) is 13.0 Å². The standard InChI is InChI=1S/C19H21N3O5/c1-12(13-7-5-4-6-8-13)20-18(24)19(25)22-21-17(23)14-9-10-15(26-2)16(11-14)27-3/h4-12H,1-3H3,(H,20,24)(H,21,23)(H,22,25)/t12-/m0/s1. The minimum atomic E-state index is -0.980. The minimum absolute atomic E-state index is 0.228. The Balaban J connectivity index is 1.90. The molecule has 2 aromatic rings. The highest BCUT2D eigenvalue weighted by Crippen LogP contribution is 2.27. The molecule has 0 bridgehead atoms. The number of ether oxygens (including phenoxy) is 2. The molecule has 2 rings (SSSR count). The van der Waals surface area contributed by atoms with Crippen LogP contribution in [-0.2, 0) is 9.59 Å². The lowest BCUT2D eigenvalue weighted by molar-refractivity contribution is -0.140. The number of hydrogen-bond acceptors (Lipinski definition) is 5. The second-order valence-electron chi connectivity index (χ2n) is 5.58. The first-order chi connectivity index (χ1) is 13.0. The van der Waals surface area contributed by atoms with Gasteiger partial charge < -0.3 is 14.8 Å². The summed E-state index contributed by atoms with van der Waals surface area (Å²) in [4.78, 5) is 36.0. The van der Waals surface area contributed by atoms with E-state index in [0.717, 1.165) is 5.56 Å². The van der Waals surface area contributed by atoms with Crippen LogP contribution in [0.1, 0.15) is 28.9 Å². The summed E-state index contributed by atoms with van der Waals surface area (Å²) < 4.78 is 10.2. The summed E-state index contributed by atoms with van der Waals surface area (Å²) in [5, 5.41) is 2.55. The number of nitrogens with one attached hydrogen (secondary N) is 3. The van der Waals surface area contributed by atoms with Crippen molar-refractivity contribution in [3.05, 3.63) is 59.7 Å². The van der Waals surface area contributed by atoms with Crippen LogP contribution in [0.2, 0.25) is 0 Å². The average molecular weight is 371 g/mol. The van der Waals surface area contributed by atoms with Gasteiger partial charge in [0.15, 0.2) is 11.5 Å². The lowest BCUT2D eigenvalue weighted by Gasteiger charge is -2.14. The van der Waals surface area contributed by atoms with Gasteiger partial charge in [0, 0.05) is 5.56 Å². The van der Waals surface area contributed by atoms with E-state index in [1.807, 2.05) is 30.3 Å². The van der Waals surface area contributed by atoms with Gasteiger partial charge in [-0.25, -0.2) is 0 Å². The first-order valence-electron chi connectivity index (χ1n) is 8.14. The fourth-order valence-corrected chi connectivity index (χ4v) is 2.31. The number of methoxy groups -OCH3 is 2. The molecule has 27 heavy (non-hydrogen) atoms. The zero-order valence-corrected chi connectivity index (χ0v) is 15.2. The van der Waals surface area contributed by atoms with Crippen LogP contribution < -0.4 is 25.6 Å². The predicted molar refractivity (Wildman–Crippen MR) is 98.2 cm³/mol. The van der Waals surface area contributed by atoms with Crippen molar-refractivity contribution in [1.82, 2.24) is 16.2 Å². The maximum Gasteiger partial charge on any atom is 0.327 e. The Morgan fingerprint density at radius 1 is 0.852 bits per heavy atom. The number of hydrogen-bond donors (Lipinski definition) is 3. The van der Waals surface area contributed by atoms with Crippen molar-refractivity contribution < 1.29 is 23.9 Å². The smallest absolute Gasteiger partial charge is 0.327 e. The molecule has 1 atom stereocenters. The molecule has 0 saturated heterocycles. The van der Waals surface area contributed by atoms with Crippen LogP contribution in [0.15, 0.2) is 48.5 Å². The maximum absolute atomic E-state index is 12.1. The molecule has 0 fully saturated rings. The van der Waals surface area contributed by atoms with Gasteiger partial charge in [0.2, 0.25) is 0 Å². The average Bonchev–Trinajstić information content (AvgIpc) is 2.71. The van der Waals surface area contributed by atoms with Gasteiger partial charge in [-0.15, -0.1) is 0 Å². The van der Waals surface area contributed by atoms with E-state index in [1.54, 1.807) is 13.0 Å². The Labute approximate surface area is 156 Å². The molecule has 0 unspecified atom stereocenters. The molecule has 0 aliphatic carbocycles. The Bertz CT molecular complexity index is 823. The van der Waals surface area contributed by atoms with Crippen molar-refractivity contribution in [3.63, 3.8) is 0 Å². The van der Waals surface area contributed by atoms with E-state index in [0.29, 0.717) is 11.5 Å². The summed E-state index contributed by atoms with van der Waals surface area (Å²) in [6.07, 6.45) is 0. The molecule has 0 aliphatic rings. The molecule has 8 nitrogen and oxygen atoms in total. The summed E-state index contributed by atoms with van der Waals surface area (Å²) in [5.74, 6) is -1.61. The second-order valence-corrected chi connectivity index (χ2v) is 5.58. The third kappa shape index (κ3) is 5.21. The molecule has 2 aromatic carbocycles. The molecule has 0 radical (unpaired) electrons. The number of hydrazine groups is 1. The van der Waals surface area contributed by atoms with Gasteiger partial charge in [-0.3, -0.25) is 25.2 Å². The molecule has 3 amide bonds. The largest absolute Gasteiger partial charge is 0.493 e. The van der Waals surface area contributed by atoms with Gasteiger partial charge in [-0.05, 0) is 30.7 Å². The van der Waals surface area contributed by atoms with Crippen molar-refractivity contribution >= 4 is 17.7 Å². The van der Waals surface area contributed by atoms with E-state index >= 15 is 0 Å². The fourth-order valence-electron chi connectivity index (χ4n) is 2.31. The number of benzene rings is 2. The van der Waals surface area contributed by atoms with Gasteiger partial charge in [0.05, 0.1) is 20.3 Å². The van der Waals surface area contributed by atoms with E-state index in [1.165, 1.54) is 26.4 Å². The van der Waals surface area contributed by atoms with E-state index in [-0.39, 0.29) is 11.6 Å². The molecular formula is C19H21N3O5. The van der Waals surface area contributed by atoms with Gasteiger partial charge in [0.25, 0.3) is 5.91 Å². The third-order valence-corrected chi connectivity index (χ3v) is 3.79. The van der Waals surface area contributed by atoms with E-state index in [4.69, 9.17) is 9.47 Å². The number of rotatable bonds is 5. The molecule has 8 heteroatoms. The molecule has 0 aromatic heterocycles. The second kappa shape index (κ2) is 9.23. The molecule has 0 saturated carbocycles. The van der Waals surface area contributed by atoms with Crippen LogP contribution in [0.5, 0.6) is 11.5 Å². The summed E-state index contributed by atoms with van der Waals surface area (Å²) in [7, 11) is 2.92. The van der Waals surface area contributed by atoms with Crippen LogP contribution in [-0.4, -0.2) is 31.9 Å². The van der Waals surface area contributed by atoms with E-state index < -0.39 is 17.7 Å². The topological polar surface area (TPSA) is 106 Å². The molecule has 142 valence electrons. The van der Waals surface area contributed by atoms with E-state index in [2.05, 4.69) is 16.2 Å². The Morgan fingerprint density at radius 2 is 1.52 bits per heavy atom. The first kappa shape index (κ1) is 19.8. The normalized spacial score (nSPS) is 11.1. The molecule has 3 N–H and O–H groups in total. The van der Waals surface area contributed by atoms with Gasteiger partial charge in [-0.2, -0.15) is 0 Å². The van der Waals surface area contributed by atoms with Crippen molar-refractivity contribution in [2.75, 3.05) is 14.2 Å². The van der Waals surface area contributed by atoms with Crippen LogP contribution in [0, 0.1) is 0 Å². The van der Waals surface area contributed by atoms with Crippen molar-refractivity contribution in [1.29, 1.82) is 0 Å². The molecular weight excluding hydrogens is 350 g/mol. The summed E-state index contributed by atoms with van der Waals surface area (Å²) >= 11 is 0. The third-order valence-electron chi connectivity index (χ3n) is 3.79. The maximum atomic E-state index is 12.1. The molecule has 0 heterocycles. The van der Waals surface area contributed by atoms with Gasteiger partial charge in [-0.1, -0.05) is 30.3 Å². The highest BCUT2D eigenvalue weighted by atomic mass is 16.5. The molecule has 0 spiro atoms. The predicted octanol–water partition coefficient (Wildman–Crippen LogP) is 1.34. The Kier molecular flexibility index (Phi) is 6.76. The summed E-state index contributed by atoms with van der Waals surface area (Å²) in [6.45, 7) is 1.75.